The van der Waals surface area contributed by atoms with Crippen molar-refractivity contribution in [3.8, 4) is 17.1 Å². The lowest BCUT2D eigenvalue weighted by Gasteiger charge is -2.08. The summed E-state index contributed by atoms with van der Waals surface area (Å²) in [6, 6.07) is 11.1. The van der Waals surface area contributed by atoms with Gasteiger partial charge in [-0.15, -0.1) is 0 Å². The number of aromatic nitrogens is 2. The number of benzene rings is 1. The number of amides is 1. The molecule has 26 heavy (non-hydrogen) atoms. The van der Waals surface area contributed by atoms with Gasteiger partial charge in [-0.1, -0.05) is 0 Å². The number of carbonyl (C=O) groups is 1. The van der Waals surface area contributed by atoms with Crippen molar-refractivity contribution in [3.63, 3.8) is 0 Å². The number of methoxy groups -OCH3 is 1. The van der Waals surface area contributed by atoms with Crippen LogP contribution in [0.1, 0.15) is 22.7 Å². The zero-order chi connectivity index (χ0) is 18.5. The van der Waals surface area contributed by atoms with Crippen LogP contribution in [0, 0.1) is 12.7 Å². The molecular formula is C19H20FN3O3. The number of nitrogens with one attached hydrogen (secondary N) is 1. The van der Waals surface area contributed by atoms with Gasteiger partial charge in [0.25, 0.3) is 5.91 Å². The molecule has 0 atom stereocenters. The lowest BCUT2D eigenvalue weighted by Crippen LogP contribution is -2.27. The first-order chi connectivity index (χ1) is 12.6. The second-order valence-electron chi connectivity index (χ2n) is 5.82. The highest BCUT2D eigenvalue weighted by Gasteiger charge is 2.19. The zero-order valence-electron chi connectivity index (χ0n) is 14.7. The minimum absolute atomic E-state index is 0.271. The second-order valence-corrected chi connectivity index (χ2v) is 5.82. The standard InChI is InChI=1S/C19H20FN3O3/c1-13-4-9-18(26-13)16-12-17(19(24)21-10-3-11-25-2)23(22-16)15-7-5-14(20)6-8-15/h4-9,12H,3,10-11H2,1-2H3,(H,21,24). The number of nitrogens with zero attached hydrogens (tertiary/aromatic N) is 2. The van der Waals surface area contributed by atoms with Crippen molar-refractivity contribution in [2.24, 2.45) is 0 Å². The molecule has 2 heterocycles. The van der Waals surface area contributed by atoms with E-state index >= 15 is 0 Å². The summed E-state index contributed by atoms with van der Waals surface area (Å²) in [5.41, 5.74) is 1.46. The molecule has 0 aliphatic rings. The van der Waals surface area contributed by atoms with Crippen LogP contribution < -0.4 is 5.32 Å². The van der Waals surface area contributed by atoms with E-state index in [1.165, 1.54) is 16.8 Å². The zero-order valence-corrected chi connectivity index (χ0v) is 14.7. The van der Waals surface area contributed by atoms with E-state index in [2.05, 4.69) is 10.4 Å². The van der Waals surface area contributed by atoms with E-state index in [4.69, 9.17) is 9.15 Å². The Morgan fingerprint density at radius 2 is 2.04 bits per heavy atom. The van der Waals surface area contributed by atoms with Gasteiger partial charge >= 0.3 is 0 Å². The third-order valence-electron chi connectivity index (χ3n) is 3.82. The average molecular weight is 357 g/mol. The number of rotatable bonds is 7. The van der Waals surface area contributed by atoms with Crippen LogP contribution in [0.2, 0.25) is 0 Å². The molecule has 0 bridgehead atoms. The molecule has 1 amide bonds. The quantitative estimate of drug-likeness (QED) is 0.659. The van der Waals surface area contributed by atoms with E-state index in [1.54, 1.807) is 31.4 Å². The first-order valence-electron chi connectivity index (χ1n) is 8.28. The predicted octanol–water partition coefficient (Wildman–Crippen LogP) is 3.35. The average Bonchev–Trinajstić information content (AvgIpc) is 3.26. The Morgan fingerprint density at radius 1 is 1.27 bits per heavy atom. The van der Waals surface area contributed by atoms with Crippen LogP contribution in [0.15, 0.2) is 46.9 Å². The summed E-state index contributed by atoms with van der Waals surface area (Å²) >= 11 is 0. The van der Waals surface area contributed by atoms with Gasteiger partial charge in [-0.05, 0) is 49.7 Å². The molecular weight excluding hydrogens is 337 g/mol. The van der Waals surface area contributed by atoms with Gasteiger partial charge in [-0.3, -0.25) is 4.79 Å². The Balaban J connectivity index is 1.93. The van der Waals surface area contributed by atoms with Crippen LogP contribution in [-0.2, 0) is 4.74 Å². The monoisotopic (exact) mass is 357 g/mol. The van der Waals surface area contributed by atoms with E-state index < -0.39 is 0 Å². The summed E-state index contributed by atoms with van der Waals surface area (Å²) in [6.45, 7) is 2.88. The van der Waals surface area contributed by atoms with Gasteiger partial charge in [0.1, 0.15) is 23.0 Å². The summed E-state index contributed by atoms with van der Waals surface area (Å²) in [7, 11) is 1.61. The summed E-state index contributed by atoms with van der Waals surface area (Å²) < 4.78 is 25.3. The Morgan fingerprint density at radius 3 is 2.69 bits per heavy atom. The fraction of sp³-hybridized carbons (Fsp3) is 0.263. The van der Waals surface area contributed by atoms with Gasteiger partial charge in [0, 0.05) is 26.3 Å². The molecule has 1 aromatic carbocycles. The van der Waals surface area contributed by atoms with Gasteiger partial charge in [0.2, 0.25) is 0 Å². The van der Waals surface area contributed by atoms with Gasteiger partial charge < -0.3 is 14.5 Å². The number of ether oxygens (including phenoxy) is 1. The number of halogens is 1. The van der Waals surface area contributed by atoms with Crippen molar-refractivity contribution in [2.75, 3.05) is 20.3 Å². The third-order valence-corrected chi connectivity index (χ3v) is 3.82. The lowest BCUT2D eigenvalue weighted by molar-refractivity contribution is 0.0941. The fourth-order valence-electron chi connectivity index (χ4n) is 2.52. The van der Waals surface area contributed by atoms with Crippen molar-refractivity contribution in [3.05, 3.63) is 59.7 Å². The SMILES string of the molecule is COCCCNC(=O)c1cc(-c2ccc(C)o2)nn1-c1ccc(F)cc1. The molecule has 2 aromatic heterocycles. The summed E-state index contributed by atoms with van der Waals surface area (Å²) in [5.74, 6) is 0.694. The van der Waals surface area contributed by atoms with Crippen molar-refractivity contribution >= 4 is 5.91 Å². The Hall–Kier alpha value is -2.93. The van der Waals surface area contributed by atoms with Crippen LogP contribution in [0.25, 0.3) is 17.1 Å². The maximum Gasteiger partial charge on any atom is 0.270 e. The molecule has 0 saturated heterocycles. The summed E-state index contributed by atoms with van der Waals surface area (Å²) in [5, 5.41) is 7.31. The molecule has 6 nitrogen and oxygen atoms in total. The minimum atomic E-state index is -0.353. The summed E-state index contributed by atoms with van der Waals surface area (Å²) in [4.78, 5) is 12.6. The van der Waals surface area contributed by atoms with E-state index in [1.807, 2.05) is 13.0 Å². The predicted molar refractivity (Wildman–Crippen MR) is 94.8 cm³/mol. The van der Waals surface area contributed by atoms with Crippen molar-refractivity contribution in [1.29, 1.82) is 0 Å². The molecule has 136 valence electrons. The van der Waals surface area contributed by atoms with Gasteiger partial charge in [-0.2, -0.15) is 5.10 Å². The van der Waals surface area contributed by atoms with Crippen LogP contribution >= 0.6 is 0 Å². The van der Waals surface area contributed by atoms with Crippen LogP contribution in [0.3, 0.4) is 0 Å². The van der Waals surface area contributed by atoms with Gasteiger partial charge in [0.15, 0.2) is 5.76 Å². The van der Waals surface area contributed by atoms with E-state index in [-0.39, 0.29) is 11.7 Å². The highest BCUT2D eigenvalue weighted by molar-refractivity contribution is 5.94. The Kier molecular flexibility index (Phi) is 5.48. The third kappa shape index (κ3) is 4.00. The van der Waals surface area contributed by atoms with Crippen molar-refractivity contribution < 1.29 is 18.3 Å². The van der Waals surface area contributed by atoms with Crippen LogP contribution in [0.5, 0.6) is 0 Å². The maximum atomic E-state index is 13.2. The van der Waals surface area contributed by atoms with Gasteiger partial charge in [0.05, 0.1) is 5.69 Å². The lowest BCUT2D eigenvalue weighted by atomic mass is 10.2. The molecule has 3 aromatic rings. The number of hydrogen-bond acceptors (Lipinski definition) is 4. The van der Waals surface area contributed by atoms with E-state index in [9.17, 15) is 9.18 Å². The number of aryl methyl sites for hydroxylation is 1. The molecule has 3 rings (SSSR count). The summed E-state index contributed by atoms with van der Waals surface area (Å²) in [6.07, 6.45) is 0.706. The molecule has 0 aliphatic carbocycles. The van der Waals surface area contributed by atoms with Crippen molar-refractivity contribution in [1.82, 2.24) is 15.1 Å². The smallest absolute Gasteiger partial charge is 0.270 e. The molecule has 7 heteroatoms. The molecule has 0 saturated carbocycles. The number of furan rings is 1. The Bertz CT molecular complexity index is 884. The largest absolute Gasteiger partial charge is 0.460 e. The molecule has 0 fully saturated rings. The van der Waals surface area contributed by atoms with E-state index in [0.29, 0.717) is 42.4 Å². The number of carbonyl (C=O) groups excluding carboxylic acids is 1. The highest BCUT2D eigenvalue weighted by Crippen LogP contribution is 2.24. The van der Waals surface area contributed by atoms with E-state index in [0.717, 1.165) is 5.76 Å². The minimum Gasteiger partial charge on any atom is -0.460 e. The maximum absolute atomic E-state index is 13.2. The normalized spacial score (nSPS) is 10.9. The first-order valence-corrected chi connectivity index (χ1v) is 8.28. The second kappa shape index (κ2) is 7.97. The first kappa shape index (κ1) is 17.9. The Labute approximate surface area is 150 Å². The number of hydrogen-bond donors (Lipinski definition) is 1. The molecule has 0 spiro atoms. The van der Waals surface area contributed by atoms with Crippen LogP contribution in [0.4, 0.5) is 4.39 Å². The molecule has 0 radical (unpaired) electrons. The van der Waals surface area contributed by atoms with Gasteiger partial charge in [-0.25, -0.2) is 9.07 Å². The molecule has 0 aliphatic heterocycles. The highest BCUT2D eigenvalue weighted by atomic mass is 19.1. The fourth-order valence-corrected chi connectivity index (χ4v) is 2.52. The van der Waals surface area contributed by atoms with Crippen LogP contribution in [-0.4, -0.2) is 35.9 Å². The molecule has 1 N–H and O–H groups in total. The topological polar surface area (TPSA) is 69.3 Å². The molecule has 0 unspecified atom stereocenters. The van der Waals surface area contributed by atoms with Crippen molar-refractivity contribution in [2.45, 2.75) is 13.3 Å².